The minimum atomic E-state index is -3.62. The monoisotopic (exact) mass is 311 g/mol. The first-order valence-electron chi connectivity index (χ1n) is 6.70. The van der Waals surface area contributed by atoms with Crippen molar-refractivity contribution < 1.29 is 13.2 Å². The number of hydrogen-bond donors (Lipinski definition) is 3. The summed E-state index contributed by atoms with van der Waals surface area (Å²) in [5.74, 6) is -0.298. The number of sulfonamides is 1. The van der Waals surface area contributed by atoms with Gasteiger partial charge in [0.15, 0.2) is 0 Å². The van der Waals surface area contributed by atoms with Gasteiger partial charge in [0.25, 0.3) is 5.91 Å². The number of carbonyl (C=O) groups is 1. The van der Waals surface area contributed by atoms with E-state index in [0.717, 1.165) is 6.54 Å². The molecular formula is C14H21N3O3S. The summed E-state index contributed by atoms with van der Waals surface area (Å²) < 4.78 is 26.3. The standard InChI is InChI=1S/C14H21N3O3S/c1-3-8-17-21(19,20)13-7-5-6-12(11-13)14(18)16-10-9-15-4-2/h3,5-7,11,15,17H,1,4,8-10H2,2H3,(H,16,18). The fourth-order valence-electron chi connectivity index (χ4n) is 1.60. The van der Waals surface area contributed by atoms with Gasteiger partial charge < -0.3 is 10.6 Å². The quantitative estimate of drug-likeness (QED) is 0.457. The van der Waals surface area contributed by atoms with Gasteiger partial charge in [0.2, 0.25) is 10.0 Å². The van der Waals surface area contributed by atoms with Crippen molar-refractivity contribution in [2.75, 3.05) is 26.2 Å². The summed E-state index contributed by atoms with van der Waals surface area (Å²) in [4.78, 5) is 12.0. The molecule has 0 spiro atoms. The molecule has 0 saturated carbocycles. The second-order valence-corrected chi connectivity index (χ2v) is 6.04. The molecule has 0 atom stereocenters. The molecule has 1 rings (SSSR count). The van der Waals surface area contributed by atoms with Crippen molar-refractivity contribution in [2.24, 2.45) is 0 Å². The number of rotatable bonds is 9. The summed E-state index contributed by atoms with van der Waals surface area (Å²) >= 11 is 0. The number of nitrogens with one attached hydrogen (secondary N) is 3. The van der Waals surface area contributed by atoms with Crippen LogP contribution in [0.25, 0.3) is 0 Å². The second kappa shape index (κ2) is 8.56. The molecule has 0 aliphatic rings. The van der Waals surface area contributed by atoms with Gasteiger partial charge in [-0.25, -0.2) is 13.1 Å². The molecule has 6 nitrogen and oxygen atoms in total. The molecular weight excluding hydrogens is 290 g/mol. The number of hydrogen-bond acceptors (Lipinski definition) is 4. The molecule has 1 aromatic rings. The largest absolute Gasteiger partial charge is 0.351 e. The van der Waals surface area contributed by atoms with Gasteiger partial charge in [0, 0.05) is 25.2 Å². The van der Waals surface area contributed by atoms with Crippen molar-refractivity contribution in [3.63, 3.8) is 0 Å². The Morgan fingerprint density at radius 2 is 2.10 bits per heavy atom. The van der Waals surface area contributed by atoms with E-state index >= 15 is 0 Å². The lowest BCUT2D eigenvalue weighted by Gasteiger charge is -2.08. The van der Waals surface area contributed by atoms with Gasteiger partial charge in [-0.2, -0.15) is 0 Å². The van der Waals surface area contributed by atoms with E-state index in [9.17, 15) is 13.2 Å². The van der Waals surface area contributed by atoms with E-state index < -0.39 is 10.0 Å². The molecule has 116 valence electrons. The molecule has 1 amide bonds. The van der Waals surface area contributed by atoms with Crippen molar-refractivity contribution >= 4 is 15.9 Å². The van der Waals surface area contributed by atoms with Gasteiger partial charge in [0.05, 0.1) is 4.90 Å². The fraction of sp³-hybridized carbons (Fsp3) is 0.357. The number of amides is 1. The Balaban J connectivity index is 2.76. The molecule has 7 heteroatoms. The Bertz CT molecular complexity index is 585. The van der Waals surface area contributed by atoms with Crippen LogP contribution >= 0.6 is 0 Å². The average molecular weight is 311 g/mol. The zero-order valence-corrected chi connectivity index (χ0v) is 12.9. The first-order chi connectivity index (χ1) is 10.0. The molecule has 0 radical (unpaired) electrons. The van der Waals surface area contributed by atoms with Crippen LogP contribution in [0.4, 0.5) is 0 Å². The Morgan fingerprint density at radius 3 is 2.76 bits per heavy atom. The normalized spacial score (nSPS) is 11.1. The first-order valence-corrected chi connectivity index (χ1v) is 8.19. The highest BCUT2D eigenvalue weighted by Crippen LogP contribution is 2.11. The molecule has 0 aliphatic carbocycles. The highest BCUT2D eigenvalue weighted by molar-refractivity contribution is 7.89. The molecule has 1 aromatic carbocycles. The van der Waals surface area contributed by atoms with Gasteiger partial charge in [-0.15, -0.1) is 6.58 Å². The smallest absolute Gasteiger partial charge is 0.251 e. The highest BCUT2D eigenvalue weighted by atomic mass is 32.2. The Morgan fingerprint density at radius 1 is 1.33 bits per heavy atom. The lowest BCUT2D eigenvalue weighted by Crippen LogP contribution is -2.32. The van der Waals surface area contributed by atoms with Crippen molar-refractivity contribution in [3.05, 3.63) is 42.5 Å². The van der Waals surface area contributed by atoms with E-state index in [4.69, 9.17) is 0 Å². The van der Waals surface area contributed by atoms with Gasteiger partial charge in [-0.05, 0) is 24.7 Å². The average Bonchev–Trinajstić information content (AvgIpc) is 2.49. The van der Waals surface area contributed by atoms with Gasteiger partial charge in [0.1, 0.15) is 0 Å². The zero-order valence-electron chi connectivity index (χ0n) is 12.1. The van der Waals surface area contributed by atoms with Crippen LogP contribution in [0.2, 0.25) is 0 Å². The maximum Gasteiger partial charge on any atom is 0.251 e. The molecule has 0 unspecified atom stereocenters. The maximum absolute atomic E-state index is 12.0. The van der Waals surface area contributed by atoms with Crippen LogP contribution in [0.3, 0.4) is 0 Å². The van der Waals surface area contributed by atoms with Gasteiger partial charge in [-0.3, -0.25) is 4.79 Å². The SMILES string of the molecule is C=CCNS(=O)(=O)c1cccc(C(=O)NCCNCC)c1. The van der Waals surface area contributed by atoms with E-state index in [2.05, 4.69) is 21.9 Å². The Labute approximate surface area is 125 Å². The number of likely N-dealkylation sites (N-methyl/N-ethyl adjacent to an activating group) is 1. The first kappa shape index (κ1) is 17.4. The molecule has 0 fully saturated rings. The molecule has 0 aromatic heterocycles. The Kier molecular flexibility index (Phi) is 7.07. The highest BCUT2D eigenvalue weighted by Gasteiger charge is 2.15. The topological polar surface area (TPSA) is 87.3 Å². The number of carbonyl (C=O) groups excluding carboxylic acids is 1. The summed E-state index contributed by atoms with van der Waals surface area (Å²) in [6.45, 7) is 7.56. The van der Waals surface area contributed by atoms with Crippen LogP contribution < -0.4 is 15.4 Å². The van der Waals surface area contributed by atoms with Gasteiger partial charge in [-0.1, -0.05) is 19.1 Å². The van der Waals surface area contributed by atoms with Crippen molar-refractivity contribution in [1.82, 2.24) is 15.4 Å². The summed E-state index contributed by atoms with van der Waals surface area (Å²) in [5, 5.41) is 5.81. The van der Waals surface area contributed by atoms with Crippen molar-refractivity contribution in [3.8, 4) is 0 Å². The molecule has 21 heavy (non-hydrogen) atoms. The van der Waals surface area contributed by atoms with Gasteiger partial charge >= 0.3 is 0 Å². The van der Waals surface area contributed by atoms with Crippen molar-refractivity contribution in [2.45, 2.75) is 11.8 Å². The number of benzene rings is 1. The molecule has 3 N–H and O–H groups in total. The minimum Gasteiger partial charge on any atom is -0.351 e. The predicted octanol–water partition coefficient (Wildman–Crippen LogP) is 0.490. The molecule has 0 aliphatic heterocycles. The van der Waals surface area contributed by atoms with E-state index in [-0.39, 0.29) is 17.3 Å². The third-order valence-corrected chi connectivity index (χ3v) is 4.08. The van der Waals surface area contributed by atoms with Crippen molar-refractivity contribution in [1.29, 1.82) is 0 Å². The lowest BCUT2D eigenvalue weighted by molar-refractivity contribution is 0.0953. The van der Waals surface area contributed by atoms with Crippen LogP contribution in [0.15, 0.2) is 41.8 Å². The lowest BCUT2D eigenvalue weighted by atomic mass is 10.2. The summed E-state index contributed by atoms with van der Waals surface area (Å²) in [7, 11) is -3.62. The van der Waals surface area contributed by atoms with Crippen LogP contribution in [-0.4, -0.2) is 40.5 Å². The van der Waals surface area contributed by atoms with Crippen LogP contribution in [0.5, 0.6) is 0 Å². The summed E-state index contributed by atoms with van der Waals surface area (Å²) in [5.41, 5.74) is 0.313. The van der Waals surface area contributed by atoms with Crippen LogP contribution in [0.1, 0.15) is 17.3 Å². The third-order valence-electron chi connectivity index (χ3n) is 2.66. The third kappa shape index (κ3) is 5.66. The Hall–Kier alpha value is -1.70. The summed E-state index contributed by atoms with van der Waals surface area (Å²) in [6.07, 6.45) is 1.45. The maximum atomic E-state index is 12.0. The zero-order chi connectivity index (χ0) is 15.7. The van der Waals surface area contributed by atoms with E-state index in [1.807, 2.05) is 6.92 Å². The minimum absolute atomic E-state index is 0.0590. The van der Waals surface area contributed by atoms with Crippen LogP contribution in [0, 0.1) is 0 Å². The van der Waals surface area contributed by atoms with Crippen LogP contribution in [-0.2, 0) is 10.0 Å². The summed E-state index contributed by atoms with van der Waals surface area (Å²) in [6, 6.07) is 5.92. The second-order valence-electron chi connectivity index (χ2n) is 4.28. The van der Waals surface area contributed by atoms with E-state index in [0.29, 0.717) is 18.7 Å². The predicted molar refractivity (Wildman–Crippen MR) is 82.7 cm³/mol. The molecule has 0 bridgehead atoms. The van der Waals surface area contributed by atoms with E-state index in [1.165, 1.54) is 18.2 Å². The fourth-order valence-corrected chi connectivity index (χ4v) is 2.64. The molecule has 0 saturated heterocycles. The van der Waals surface area contributed by atoms with E-state index in [1.54, 1.807) is 12.1 Å². The molecule has 0 heterocycles.